The van der Waals surface area contributed by atoms with Crippen molar-refractivity contribution in [2.45, 2.75) is 40.3 Å². The monoisotopic (exact) mass is 211 g/mol. The number of nitrogens with zero attached hydrogens (tertiary/aromatic N) is 1. The van der Waals surface area contributed by atoms with E-state index in [1.807, 2.05) is 18.7 Å². The van der Waals surface area contributed by atoms with Gasteiger partial charge in [-0.1, -0.05) is 13.8 Å². The lowest BCUT2D eigenvalue weighted by Gasteiger charge is -2.25. The van der Waals surface area contributed by atoms with E-state index in [9.17, 15) is 4.79 Å². The van der Waals surface area contributed by atoms with Gasteiger partial charge < -0.3 is 9.64 Å². The van der Waals surface area contributed by atoms with Gasteiger partial charge in [-0.25, -0.2) is 0 Å². The Morgan fingerprint density at radius 2 is 2.00 bits per heavy atom. The lowest BCUT2D eigenvalue weighted by atomic mass is 10.1. The van der Waals surface area contributed by atoms with Gasteiger partial charge in [-0.05, 0) is 31.8 Å². The number of carbonyl (C=O) groups excluding carboxylic acids is 1. The predicted molar refractivity (Wildman–Crippen MR) is 60.3 cm³/mol. The largest absolute Gasteiger partial charge is 0.358 e. The molecule has 1 atom stereocenters. The Kier molecular flexibility index (Phi) is 3.91. The van der Waals surface area contributed by atoms with Crippen LogP contribution in [-0.2, 0) is 9.53 Å². The van der Waals surface area contributed by atoms with Gasteiger partial charge >= 0.3 is 0 Å². The summed E-state index contributed by atoms with van der Waals surface area (Å²) >= 11 is 0. The lowest BCUT2D eigenvalue weighted by Crippen LogP contribution is -2.37. The van der Waals surface area contributed by atoms with Crippen molar-refractivity contribution in [2.24, 2.45) is 5.92 Å². The summed E-state index contributed by atoms with van der Waals surface area (Å²) in [6, 6.07) is 0. The average Bonchev–Trinajstić information content (AvgIpc) is 2.39. The first-order valence-corrected chi connectivity index (χ1v) is 5.50. The van der Waals surface area contributed by atoms with E-state index < -0.39 is 0 Å². The van der Waals surface area contributed by atoms with Gasteiger partial charge in [-0.15, -0.1) is 0 Å². The lowest BCUT2D eigenvalue weighted by molar-refractivity contribution is -0.133. The van der Waals surface area contributed by atoms with E-state index in [1.165, 1.54) is 0 Å². The molecule has 3 nitrogen and oxygen atoms in total. The molecule has 0 bridgehead atoms. The number of methoxy groups -OCH3 is 1. The topological polar surface area (TPSA) is 29.5 Å². The van der Waals surface area contributed by atoms with Gasteiger partial charge in [-0.2, -0.15) is 0 Å². The Morgan fingerprint density at radius 3 is 2.47 bits per heavy atom. The van der Waals surface area contributed by atoms with E-state index in [4.69, 9.17) is 4.74 Å². The smallest absolute Gasteiger partial charge is 0.251 e. The Balaban J connectivity index is 2.70. The van der Waals surface area contributed by atoms with Crippen LogP contribution in [0.5, 0.6) is 0 Å². The highest BCUT2D eigenvalue weighted by Gasteiger charge is 2.34. The summed E-state index contributed by atoms with van der Waals surface area (Å²) in [5, 5.41) is 0. The molecular formula is C12H21NO2. The molecule has 0 unspecified atom stereocenters. The molecule has 0 N–H and O–H groups in total. The Bertz CT molecular complexity index is 281. The first-order chi connectivity index (χ1) is 6.99. The highest BCUT2D eigenvalue weighted by molar-refractivity contribution is 5.96. The van der Waals surface area contributed by atoms with E-state index in [0.29, 0.717) is 5.92 Å². The standard InChI is InChI=1S/C12H21NO2/c1-8(2)6-7-13-11(14)9(3)10(4)12(13)15-5/h8,12H,6-7H2,1-5H3/t12-/m0/s1. The van der Waals surface area contributed by atoms with Crippen molar-refractivity contribution in [1.82, 2.24) is 4.90 Å². The summed E-state index contributed by atoms with van der Waals surface area (Å²) in [5.74, 6) is 0.733. The van der Waals surface area contributed by atoms with Crippen LogP contribution >= 0.6 is 0 Å². The molecule has 86 valence electrons. The molecule has 1 rings (SSSR count). The maximum absolute atomic E-state index is 11.9. The van der Waals surface area contributed by atoms with Crippen LogP contribution in [0.4, 0.5) is 0 Å². The molecule has 3 heteroatoms. The van der Waals surface area contributed by atoms with Crippen LogP contribution in [0.3, 0.4) is 0 Å². The molecule has 1 amide bonds. The molecule has 1 aliphatic heterocycles. The average molecular weight is 211 g/mol. The van der Waals surface area contributed by atoms with E-state index in [2.05, 4.69) is 13.8 Å². The minimum atomic E-state index is -0.142. The van der Waals surface area contributed by atoms with Gasteiger partial charge in [-0.3, -0.25) is 4.79 Å². The van der Waals surface area contributed by atoms with Crippen molar-refractivity contribution < 1.29 is 9.53 Å². The van der Waals surface area contributed by atoms with Crippen molar-refractivity contribution in [3.05, 3.63) is 11.1 Å². The SMILES string of the molecule is CO[C@H]1C(C)=C(C)C(=O)N1CCC(C)C. The number of rotatable bonds is 4. The molecule has 0 saturated carbocycles. The number of carbonyl (C=O) groups is 1. The molecule has 0 spiro atoms. The van der Waals surface area contributed by atoms with Crippen molar-refractivity contribution in [1.29, 1.82) is 0 Å². The van der Waals surface area contributed by atoms with E-state index in [0.717, 1.165) is 24.1 Å². The van der Waals surface area contributed by atoms with Crippen LogP contribution < -0.4 is 0 Å². The minimum Gasteiger partial charge on any atom is -0.358 e. The van der Waals surface area contributed by atoms with Crippen LogP contribution in [0, 0.1) is 5.92 Å². The van der Waals surface area contributed by atoms with Crippen LogP contribution in [0.2, 0.25) is 0 Å². The fourth-order valence-corrected chi connectivity index (χ4v) is 1.83. The Labute approximate surface area is 92.1 Å². The van der Waals surface area contributed by atoms with E-state index in [1.54, 1.807) is 7.11 Å². The molecule has 0 saturated heterocycles. The van der Waals surface area contributed by atoms with Crippen molar-refractivity contribution in [3.63, 3.8) is 0 Å². The second kappa shape index (κ2) is 4.79. The third-order valence-corrected chi connectivity index (χ3v) is 3.00. The number of ether oxygens (including phenoxy) is 1. The fraction of sp³-hybridized carbons (Fsp3) is 0.750. The predicted octanol–water partition coefficient (Wildman–Crippen LogP) is 2.18. The van der Waals surface area contributed by atoms with Crippen LogP contribution in [0.1, 0.15) is 34.1 Å². The molecule has 1 aliphatic rings. The van der Waals surface area contributed by atoms with Gasteiger partial charge in [0, 0.05) is 19.2 Å². The summed E-state index contributed by atoms with van der Waals surface area (Å²) < 4.78 is 5.36. The molecule has 0 aromatic heterocycles. The Hall–Kier alpha value is -0.830. The molecule has 0 aromatic carbocycles. The van der Waals surface area contributed by atoms with Crippen LogP contribution in [-0.4, -0.2) is 30.7 Å². The minimum absolute atomic E-state index is 0.125. The molecular weight excluding hydrogens is 190 g/mol. The number of hydrogen-bond donors (Lipinski definition) is 0. The van der Waals surface area contributed by atoms with Crippen molar-refractivity contribution in [2.75, 3.05) is 13.7 Å². The molecule has 15 heavy (non-hydrogen) atoms. The van der Waals surface area contributed by atoms with E-state index in [-0.39, 0.29) is 12.1 Å². The van der Waals surface area contributed by atoms with Gasteiger partial charge in [0.15, 0.2) is 6.23 Å². The maximum atomic E-state index is 11.9. The summed E-state index contributed by atoms with van der Waals surface area (Å²) in [7, 11) is 1.66. The Morgan fingerprint density at radius 1 is 1.40 bits per heavy atom. The fourth-order valence-electron chi connectivity index (χ4n) is 1.83. The molecule has 1 heterocycles. The second-order valence-corrected chi connectivity index (χ2v) is 4.58. The van der Waals surface area contributed by atoms with Crippen molar-refractivity contribution >= 4 is 5.91 Å². The highest BCUT2D eigenvalue weighted by Crippen LogP contribution is 2.26. The quantitative estimate of drug-likeness (QED) is 0.713. The molecule has 0 radical (unpaired) electrons. The normalized spacial score (nSPS) is 22.1. The first kappa shape index (κ1) is 12.2. The second-order valence-electron chi connectivity index (χ2n) is 4.58. The van der Waals surface area contributed by atoms with Gasteiger partial charge in [0.05, 0.1) is 0 Å². The van der Waals surface area contributed by atoms with Gasteiger partial charge in [0.1, 0.15) is 0 Å². The number of amides is 1. The zero-order chi connectivity index (χ0) is 11.6. The summed E-state index contributed by atoms with van der Waals surface area (Å²) in [5.41, 5.74) is 1.89. The van der Waals surface area contributed by atoms with Crippen molar-refractivity contribution in [3.8, 4) is 0 Å². The van der Waals surface area contributed by atoms with Crippen LogP contribution in [0.15, 0.2) is 11.1 Å². The maximum Gasteiger partial charge on any atom is 0.251 e. The van der Waals surface area contributed by atoms with Gasteiger partial charge in [0.2, 0.25) is 0 Å². The number of hydrogen-bond acceptors (Lipinski definition) is 2. The molecule has 0 aliphatic carbocycles. The zero-order valence-corrected chi connectivity index (χ0v) is 10.3. The first-order valence-electron chi connectivity index (χ1n) is 5.50. The summed E-state index contributed by atoms with van der Waals surface area (Å²) in [4.78, 5) is 13.7. The van der Waals surface area contributed by atoms with Gasteiger partial charge in [0.25, 0.3) is 5.91 Å². The third kappa shape index (κ3) is 2.40. The zero-order valence-electron chi connectivity index (χ0n) is 10.3. The molecule has 0 aromatic rings. The summed E-state index contributed by atoms with van der Waals surface area (Å²) in [6.45, 7) is 8.95. The third-order valence-electron chi connectivity index (χ3n) is 3.00. The highest BCUT2D eigenvalue weighted by atomic mass is 16.5. The van der Waals surface area contributed by atoms with Crippen LogP contribution in [0.25, 0.3) is 0 Å². The molecule has 0 fully saturated rings. The van der Waals surface area contributed by atoms with E-state index >= 15 is 0 Å². The summed E-state index contributed by atoms with van der Waals surface area (Å²) in [6.07, 6.45) is 0.878.